The number of hydrogen-bond donors (Lipinski definition) is 2. The zero-order chi connectivity index (χ0) is 11.0. The second kappa shape index (κ2) is 7.76. The summed E-state index contributed by atoms with van der Waals surface area (Å²) in [4.78, 5) is 12.3. The molecule has 0 bridgehead atoms. The van der Waals surface area contributed by atoms with Crippen molar-refractivity contribution in [1.29, 1.82) is 0 Å². The zero-order valence-corrected chi connectivity index (χ0v) is 9.07. The average molecular weight is 203 g/mol. The van der Waals surface area contributed by atoms with Crippen LogP contribution in [0, 0.1) is 0 Å². The summed E-state index contributed by atoms with van der Waals surface area (Å²) in [6, 6.07) is 0.189. The molecule has 0 heterocycles. The number of aliphatic hydroxyl groups excluding tert-OH is 1. The molecule has 0 amide bonds. The molecule has 0 aliphatic carbocycles. The fourth-order valence-corrected chi connectivity index (χ4v) is 1.17. The predicted molar refractivity (Wildman–Crippen MR) is 55.3 cm³/mol. The molecule has 0 aromatic carbocycles. The molecule has 0 rings (SSSR count). The highest BCUT2D eigenvalue weighted by molar-refractivity contribution is 5.66. The summed E-state index contributed by atoms with van der Waals surface area (Å²) >= 11 is 0. The Labute approximate surface area is 85.5 Å². The molecule has 0 aromatic rings. The molecule has 84 valence electrons. The third-order valence-electron chi connectivity index (χ3n) is 2.42. The standard InChI is InChI=1S/C10H21NO3/c1-9(8-12)11(2)7-5-3-4-6-10(13)14/h9,12H,3-8H2,1-2H3,(H,13,14). The van der Waals surface area contributed by atoms with Gasteiger partial charge in [-0.3, -0.25) is 4.79 Å². The van der Waals surface area contributed by atoms with Crippen LogP contribution >= 0.6 is 0 Å². The SMILES string of the molecule is CC(CO)N(C)CCCCCC(=O)O. The summed E-state index contributed by atoms with van der Waals surface area (Å²) in [6.07, 6.45) is 2.94. The molecule has 0 aliphatic heterocycles. The summed E-state index contributed by atoms with van der Waals surface area (Å²) in [5.74, 6) is -0.720. The first-order valence-corrected chi connectivity index (χ1v) is 5.10. The lowest BCUT2D eigenvalue weighted by atomic mass is 10.2. The molecule has 1 unspecified atom stereocenters. The Balaban J connectivity index is 3.31. The maximum absolute atomic E-state index is 10.2. The van der Waals surface area contributed by atoms with Gasteiger partial charge in [-0.2, -0.15) is 0 Å². The highest BCUT2D eigenvalue weighted by atomic mass is 16.4. The largest absolute Gasteiger partial charge is 0.481 e. The van der Waals surface area contributed by atoms with E-state index in [1.54, 1.807) is 0 Å². The van der Waals surface area contributed by atoms with Crippen molar-refractivity contribution >= 4 is 5.97 Å². The minimum absolute atomic E-state index is 0.172. The second-order valence-electron chi connectivity index (χ2n) is 3.72. The minimum atomic E-state index is -0.720. The van der Waals surface area contributed by atoms with E-state index in [0.29, 0.717) is 0 Å². The first-order valence-electron chi connectivity index (χ1n) is 5.10. The van der Waals surface area contributed by atoms with Gasteiger partial charge in [0.05, 0.1) is 6.61 Å². The topological polar surface area (TPSA) is 60.8 Å². The van der Waals surface area contributed by atoms with Gasteiger partial charge in [0.15, 0.2) is 0 Å². The molecule has 0 aromatic heterocycles. The number of carboxylic acid groups (broad SMARTS) is 1. The molecule has 0 radical (unpaired) electrons. The van der Waals surface area contributed by atoms with Gasteiger partial charge in [-0.15, -0.1) is 0 Å². The van der Waals surface area contributed by atoms with Crippen molar-refractivity contribution in [1.82, 2.24) is 4.90 Å². The summed E-state index contributed by atoms with van der Waals surface area (Å²) in [6.45, 7) is 3.06. The van der Waals surface area contributed by atoms with E-state index < -0.39 is 5.97 Å². The number of unbranched alkanes of at least 4 members (excludes halogenated alkanes) is 2. The van der Waals surface area contributed by atoms with Crippen LogP contribution in [0.1, 0.15) is 32.6 Å². The van der Waals surface area contributed by atoms with Crippen LogP contribution in [0.3, 0.4) is 0 Å². The molecule has 4 heteroatoms. The number of likely N-dealkylation sites (N-methyl/N-ethyl adjacent to an activating group) is 1. The summed E-state index contributed by atoms with van der Waals surface area (Å²) in [7, 11) is 1.97. The lowest BCUT2D eigenvalue weighted by Gasteiger charge is -2.22. The summed E-state index contributed by atoms with van der Waals surface area (Å²) in [5.41, 5.74) is 0. The van der Waals surface area contributed by atoms with E-state index >= 15 is 0 Å². The van der Waals surface area contributed by atoms with Crippen LogP contribution in [0.4, 0.5) is 0 Å². The quantitative estimate of drug-likeness (QED) is 0.576. The molecular formula is C10H21NO3. The Bertz CT molecular complexity index is 161. The molecule has 2 N–H and O–H groups in total. The van der Waals surface area contributed by atoms with Gasteiger partial charge in [0, 0.05) is 12.5 Å². The second-order valence-corrected chi connectivity index (χ2v) is 3.72. The maximum Gasteiger partial charge on any atom is 0.303 e. The van der Waals surface area contributed by atoms with E-state index in [2.05, 4.69) is 4.90 Å². The normalized spacial score (nSPS) is 13.1. The van der Waals surface area contributed by atoms with Gasteiger partial charge in [0.25, 0.3) is 0 Å². The van der Waals surface area contributed by atoms with Crippen LogP contribution in [0.2, 0.25) is 0 Å². The van der Waals surface area contributed by atoms with Gasteiger partial charge in [-0.05, 0) is 33.4 Å². The highest BCUT2D eigenvalue weighted by Crippen LogP contribution is 2.03. The Morgan fingerprint density at radius 2 is 2.00 bits per heavy atom. The zero-order valence-electron chi connectivity index (χ0n) is 9.07. The molecule has 14 heavy (non-hydrogen) atoms. The smallest absolute Gasteiger partial charge is 0.303 e. The first-order chi connectivity index (χ1) is 6.57. The number of carboxylic acids is 1. The van der Waals surface area contributed by atoms with E-state index in [9.17, 15) is 4.79 Å². The lowest BCUT2D eigenvalue weighted by Crippen LogP contribution is -2.32. The Hall–Kier alpha value is -0.610. The number of rotatable bonds is 8. The highest BCUT2D eigenvalue weighted by Gasteiger charge is 2.06. The van der Waals surface area contributed by atoms with E-state index in [4.69, 9.17) is 10.2 Å². The van der Waals surface area contributed by atoms with Crippen molar-refractivity contribution in [3.05, 3.63) is 0 Å². The third kappa shape index (κ3) is 6.86. The van der Waals surface area contributed by atoms with Crippen LogP contribution in [0.25, 0.3) is 0 Å². The molecule has 0 saturated heterocycles. The van der Waals surface area contributed by atoms with Gasteiger partial charge >= 0.3 is 5.97 Å². The van der Waals surface area contributed by atoms with Crippen LogP contribution in [-0.4, -0.2) is 47.3 Å². The van der Waals surface area contributed by atoms with E-state index in [1.165, 1.54) is 0 Å². The minimum Gasteiger partial charge on any atom is -0.481 e. The van der Waals surface area contributed by atoms with Crippen LogP contribution in [-0.2, 0) is 4.79 Å². The monoisotopic (exact) mass is 203 g/mol. The number of aliphatic hydroxyl groups is 1. The van der Waals surface area contributed by atoms with Gasteiger partial charge in [-0.1, -0.05) is 6.42 Å². The molecule has 4 nitrogen and oxygen atoms in total. The van der Waals surface area contributed by atoms with Crippen LogP contribution < -0.4 is 0 Å². The molecule has 0 aliphatic rings. The van der Waals surface area contributed by atoms with Gasteiger partial charge < -0.3 is 15.1 Å². The molecular weight excluding hydrogens is 182 g/mol. The number of carbonyl (C=O) groups is 1. The van der Waals surface area contributed by atoms with Crippen molar-refractivity contribution < 1.29 is 15.0 Å². The predicted octanol–water partition coefficient (Wildman–Crippen LogP) is 0.944. The number of hydrogen-bond acceptors (Lipinski definition) is 3. The summed E-state index contributed by atoms with van der Waals surface area (Å²) in [5, 5.41) is 17.3. The Kier molecular flexibility index (Phi) is 7.42. The molecule has 0 spiro atoms. The molecule has 0 fully saturated rings. The van der Waals surface area contributed by atoms with E-state index in [-0.39, 0.29) is 19.1 Å². The first kappa shape index (κ1) is 13.4. The van der Waals surface area contributed by atoms with Gasteiger partial charge in [0.1, 0.15) is 0 Å². The van der Waals surface area contributed by atoms with Crippen LogP contribution in [0.15, 0.2) is 0 Å². The molecule has 1 atom stereocenters. The average Bonchev–Trinajstić information content (AvgIpc) is 2.15. The van der Waals surface area contributed by atoms with Crippen molar-refractivity contribution in [2.24, 2.45) is 0 Å². The van der Waals surface area contributed by atoms with Crippen molar-refractivity contribution in [2.75, 3.05) is 20.2 Å². The fourth-order valence-electron chi connectivity index (χ4n) is 1.17. The summed E-state index contributed by atoms with van der Waals surface area (Å²) < 4.78 is 0. The Morgan fingerprint density at radius 1 is 1.36 bits per heavy atom. The van der Waals surface area contributed by atoms with Crippen molar-refractivity contribution in [3.63, 3.8) is 0 Å². The molecule has 0 saturated carbocycles. The number of aliphatic carboxylic acids is 1. The fraction of sp³-hybridized carbons (Fsp3) is 0.900. The van der Waals surface area contributed by atoms with Crippen LogP contribution in [0.5, 0.6) is 0 Å². The van der Waals surface area contributed by atoms with Gasteiger partial charge in [0.2, 0.25) is 0 Å². The lowest BCUT2D eigenvalue weighted by molar-refractivity contribution is -0.137. The van der Waals surface area contributed by atoms with E-state index in [0.717, 1.165) is 25.8 Å². The van der Waals surface area contributed by atoms with Crippen molar-refractivity contribution in [2.45, 2.75) is 38.6 Å². The van der Waals surface area contributed by atoms with Gasteiger partial charge in [-0.25, -0.2) is 0 Å². The Morgan fingerprint density at radius 3 is 2.50 bits per heavy atom. The van der Waals surface area contributed by atoms with Crippen molar-refractivity contribution in [3.8, 4) is 0 Å². The van der Waals surface area contributed by atoms with E-state index in [1.807, 2.05) is 14.0 Å². The third-order valence-corrected chi connectivity index (χ3v) is 2.42. The maximum atomic E-state index is 10.2. The number of nitrogens with zero attached hydrogens (tertiary/aromatic N) is 1.